The molecule has 3 atom stereocenters. The summed E-state index contributed by atoms with van der Waals surface area (Å²) in [5, 5.41) is 11.7. The van der Waals surface area contributed by atoms with Gasteiger partial charge in [0.25, 0.3) is 5.91 Å². The lowest BCUT2D eigenvalue weighted by Gasteiger charge is -2.37. The topological polar surface area (TPSA) is 131 Å². The van der Waals surface area contributed by atoms with Gasteiger partial charge in [0, 0.05) is 25.0 Å². The lowest BCUT2D eigenvalue weighted by molar-refractivity contribution is -0.166. The smallest absolute Gasteiger partial charge is 0.290 e. The number of rotatable bonds is 13. The van der Waals surface area contributed by atoms with Crippen LogP contribution in [0.5, 0.6) is 11.5 Å². The predicted molar refractivity (Wildman–Crippen MR) is 136 cm³/mol. The summed E-state index contributed by atoms with van der Waals surface area (Å²) in [6.45, 7) is 3.97. The zero-order chi connectivity index (χ0) is 26.0. The van der Waals surface area contributed by atoms with E-state index in [9.17, 15) is 4.79 Å². The second-order valence-electron chi connectivity index (χ2n) is 8.55. The molecule has 0 saturated heterocycles. The Hall–Kier alpha value is -3.31. The van der Waals surface area contributed by atoms with E-state index in [1.807, 2.05) is 31.2 Å². The average Bonchev–Trinajstić information content (AvgIpc) is 3.38. The number of amides is 1. The van der Waals surface area contributed by atoms with Crippen molar-refractivity contribution in [1.82, 2.24) is 0 Å². The molecule has 4 N–H and O–H groups in total. The van der Waals surface area contributed by atoms with Crippen molar-refractivity contribution < 1.29 is 38.3 Å². The van der Waals surface area contributed by atoms with Crippen molar-refractivity contribution in [2.45, 2.75) is 25.6 Å². The number of carbonyl (C=O) groups excluding carboxylic acids is 1. The Bertz CT molecular complexity index is 1080. The number of fused-ring (bicyclic) bond motifs is 1. The molecule has 2 aliphatic heterocycles. The van der Waals surface area contributed by atoms with Crippen LogP contribution in [-0.4, -0.2) is 63.7 Å². The van der Waals surface area contributed by atoms with Crippen LogP contribution in [0.2, 0.25) is 0 Å². The number of nitrogens with two attached hydrogens (primary N) is 1. The van der Waals surface area contributed by atoms with Gasteiger partial charge in [-0.3, -0.25) is 4.79 Å². The number of carbonyl (C=O) groups is 1. The van der Waals surface area contributed by atoms with E-state index in [-0.39, 0.29) is 37.6 Å². The molecule has 0 aliphatic carbocycles. The number of allylic oxidation sites excluding steroid dienone is 1. The van der Waals surface area contributed by atoms with E-state index >= 15 is 0 Å². The van der Waals surface area contributed by atoms with Crippen molar-refractivity contribution >= 4 is 17.3 Å². The molecule has 10 nitrogen and oxygen atoms in total. The Morgan fingerprint density at radius 3 is 2.65 bits per heavy atom. The minimum Gasteiger partial charge on any atom is -0.459 e. The van der Waals surface area contributed by atoms with E-state index in [0.29, 0.717) is 55.7 Å². The van der Waals surface area contributed by atoms with Crippen LogP contribution in [0.3, 0.4) is 0 Å². The summed E-state index contributed by atoms with van der Waals surface area (Å²) in [4.78, 5) is 13.2. The number of ether oxygens (including phenoxy) is 6. The fourth-order valence-electron chi connectivity index (χ4n) is 4.34. The van der Waals surface area contributed by atoms with Crippen LogP contribution in [0, 0.1) is 5.92 Å². The van der Waals surface area contributed by atoms with Crippen LogP contribution in [-0.2, 0) is 23.7 Å². The number of para-hydroxylation sites is 2. The Kier molecular flexibility index (Phi) is 9.61. The van der Waals surface area contributed by atoms with Crippen LogP contribution < -0.4 is 20.5 Å². The van der Waals surface area contributed by atoms with Gasteiger partial charge in [-0.25, -0.2) is 0 Å². The number of hydrogen-bond donors (Lipinski definition) is 3. The summed E-state index contributed by atoms with van der Waals surface area (Å²) in [6.07, 6.45) is 1.76. The van der Waals surface area contributed by atoms with E-state index in [1.54, 1.807) is 24.3 Å². The van der Waals surface area contributed by atoms with Crippen LogP contribution in [0.25, 0.3) is 0 Å². The third kappa shape index (κ3) is 6.92. The quantitative estimate of drug-likeness (QED) is 0.273. The molecule has 10 heteroatoms. The van der Waals surface area contributed by atoms with E-state index < -0.39 is 12.2 Å². The number of aliphatic hydroxyl groups is 1. The van der Waals surface area contributed by atoms with Crippen molar-refractivity contribution in [3.8, 4) is 11.5 Å². The summed E-state index contributed by atoms with van der Waals surface area (Å²) in [7, 11) is 0. The van der Waals surface area contributed by atoms with Gasteiger partial charge in [0.15, 0.2) is 17.3 Å². The fourth-order valence-corrected chi connectivity index (χ4v) is 4.34. The molecule has 0 bridgehead atoms. The van der Waals surface area contributed by atoms with Gasteiger partial charge >= 0.3 is 0 Å². The van der Waals surface area contributed by atoms with Crippen LogP contribution in [0.15, 0.2) is 54.3 Å². The minimum atomic E-state index is -0.673. The second-order valence-corrected chi connectivity index (χ2v) is 8.55. The number of nitrogen functional groups attached to an aromatic ring is 1. The summed E-state index contributed by atoms with van der Waals surface area (Å²) in [6, 6.07) is 12.8. The first kappa shape index (κ1) is 26.7. The SMILES string of the molecule is CCO[C@H]1OC(C(=O)Nc2ccccc2N)=C[C@@H](c2ccc3c(c2)OCO3)[C@@H]1CCOCCOCCO. The highest BCUT2D eigenvalue weighted by Crippen LogP contribution is 2.42. The average molecular weight is 515 g/mol. The lowest BCUT2D eigenvalue weighted by Crippen LogP contribution is -2.38. The highest BCUT2D eigenvalue weighted by molar-refractivity contribution is 6.04. The number of aliphatic hydroxyl groups excluding tert-OH is 1. The molecule has 1 amide bonds. The second kappa shape index (κ2) is 13.3. The maximum atomic E-state index is 13.2. The molecule has 0 saturated carbocycles. The van der Waals surface area contributed by atoms with Crippen molar-refractivity contribution in [2.75, 3.05) is 57.5 Å². The maximum Gasteiger partial charge on any atom is 0.290 e. The largest absolute Gasteiger partial charge is 0.459 e. The van der Waals surface area contributed by atoms with Gasteiger partial charge in [0.05, 0.1) is 37.8 Å². The van der Waals surface area contributed by atoms with E-state index in [2.05, 4.69) is 5.32 Å². The van der Waals surface area contributed by atoms with Crippen molar-refractivity contribution in [3.63, 3.8) is 0 Å². The third-order valence-electron chi connectivity index (χ3n) is 6.13. The van der Waals surface area contributed by atoms with Gasteiger partial charge < -0.3 is 44.6 Å². The van der Waals surface area contributed by atoms with Crippen LogP contribution >= 0.6 is 0 Å². The standard InChI is InChI=1S/C27H34N2O8/c1-2-34-27-19(9-11-32-13-14-33-12-10-30)20(18-7-8-23-24(15-18)36-17-35-23)16-25(37-27)26(31)29-22-6-4-3-5-21(22)28/h3-8,15-16,19-20,27,30H,2,9-14,17,28H2,1H3,(H,29,31)/t19-,20-,27-/m0/s1. The Balaban J connectivity index is 1.56. The Morgan fingerprint density at radius 1 is 1.08 bits per heavy atom. The first-order chi connectivity index (χ1) is 18.1. The lowest BCUT2D eigenvalue weighted by atomic mass is 9.81. The van der Waals surface area contributed by atoms with Gasteiger partial charge in [0.2, 0.25) is 13.1 Å². The van der Waals surface area contributed by atoms with Gasteiger partial charge in [-0.15, -0.1) is 0 Å². The summed E-state index contributed by atoms with van der Waals surface area (Å²) in [5.74, 6) is 0.717. The summed E-state index contributed by atoms with van der Waals surface area (Å²) >= 11 is 0. The molecule has 0 spiro atoms. The molecule has 200 valence electrons. The van der Waals surface area contributed by atoms with E-state index in [1.165, 1.54) is 0 Å². The molecule has 0 aromatic heterocycles. The highest BCUT2D eigenvalue weighted by Gasteiger charge is 2.38. The first-order valence-electron chi connectivity index (χ1n) is 12.4. The Morgan fingerprint density at radius 2 is 1.86 bits per heavy atom. The van der Waals surface area contributed by atoms with Gasteiger partial charge in [-0.05, 0) is 49.2 Å². The molecular weight excluding hydrogens is 480 g/mol. The normalized spacial score (nSPS) is 20.3. The zero-order valence-corrected chi connectivity index (χ0v) is 20.9. The van der Waals surface area contributed by atoms with E-state index in [0.717, 1.165) is 5.56 Å². The molecule has 4 rings (SSSR count). The predicted octanol–water partition coefficient (Wildman–Crippen LogP) is 3.03. The number of nitrogens with one attached hydrogen (secondary N) is 1. The molecule has 2 aromatic rings. The van der Waals surface area contributed by atoms with Gasteiger partial charge in [-0.1, -0.05) is 18.2 Å². The first-order valence-corrected chi connectivity index (χ1v) is 12.4. The monoisotopic (exact) mass is 514 g/mol. The minimum absolute atomic E-state index is 0.0221. The maximum absolute atomic E-state index is 13.2. The van der Waals surface area contributed by atoms with Crippen LogP contribution in [0.1, 0.15) is 24.8 Å². The highest BCUT2D eigenvalue weighted by atomic mass is 16.7. The number of hydrogen-bond acceptors (Lipinski definition) is 9. The van der Waals surface area contributed by atoms with Crippen molar-refractivity contribution in [1.29, 1.82) is 0 Å². The molecule has 0 unspecified atom stereocenters. The van der Waals surface area contributed by atoms with Crippen molar-refractivity contribution in [3.05, 3.63) is 59.9 Å². The Labute approximate surface area is 216 Å². The molecule has 2 heterocycles. The molecule has 0 radical (unpaired) electrons. The molecule has 2 aliphatic rings. The summed E-state index contributed by atoms with van der Waals surface area (Å²) < 4.78 is 34.1. The van der Waals surface area contributed by atoms with Crippen molar-refractivity contribution in [2.24, 2.45) is 5.92 Å². The number of anilines is 2. The molecule has 2 aromatic carbocycles. The van der Waals surface area contributed by atoms with Gasteiger partial charge in [-0.2, -0.15) is 0 Å². The summed E-state index contributed by atoms with van der Waals surface area (Å²) in [5.41, 5.74) is 7.91. The zero-order valence-electron chi connectivity index (χ0n) is 20.9. The number of benzene rings is 2. The van der Waals surface area contributed by atoms with Gasteiger partial charge in [0.1, 0.15) is 0 Å². The third-order valence-corrected chi connectivity index (χ3v) is 6.13. The fraction of sp³-hybridized carbons (Fsp3) is 0.444. The molecular formula is C27H34N2O8. The molecule has 0 fully saturated rings. The van der Waals surface area contributed by atoms with Crippen LogP contribution in [0.4, 0.5) is 11.4 Å². The molecule has 37 heavy (non-hydrogen) atoms. The van der Waals surface area contributed by atoms with E-state index in [4.69, 9.17) is 39.3 Å².